The van der Waals surface area contributed by atoms with Gasteiger partial charge in [0, 0.05) is 0 Å². The van der Waals surface area contributed by atoms with E-state index in [9.17, 15) is 14.7 Å². The smallest absolute Gasteiger partial charge is 0.346 e. The van der Waals surface area contributed by atoms with Crippen molar-refractivity contribution < 1.29 is 19.4 Å². The molecule has 7 heteroatoms. The van der Waals surface area contributed by atoms with Crippen LogP contribution in [-0.4, -0.2) is 40.9 Å². The van der Waals surface area contributed by atoms with E-state index in [0.29, 0.717) is 24.2 Å². The number of nitrogens with zero attached hydrogens (tertiary/aromatic N) is 2. The Morgan fingerprint density at radius 1 is 1.30 bits per heavy atom. The number of phenols is 1. The first-order valence-electron chi connectivity index (χ1n) is 7.63. The number of carbonyl (C=O) groups is 2. The number of nitrogens with one attached hydrogen (secondary N) is 1. The van der Waals surface area contributed by atoms with Gasteiger partial charge in [-0.05, 0) is 36.6 Å². The summed E-state index contributed by atoms with van der Waals surface area (Å²) in [6, 6.07) is 4.23. The number of amides is 3. The first-order chi connectivity index (χ1) is 11.1. The fourth-order valence-electron chi connectivity index (χ4n) is 3.12. The lowest BCUT2D eigenvalue weighted by molar-refractivity contribution is -0.132. The minimum Gasteiger partial charge on any atom is -0.504 e. The normalized spacial score (nSPS) is 20.3. The molecule has 1 heterocycles. The number of hydrazone groups is 1. The highest BCUT2D eigenvalue weighted by Crippen LogP contribution is 2.33. The molecule has 0 unspecified atom stereocenters. The van der Waals surface area contributed by atoms with E-state index in [4.69, 9.17) is 4.74 Å². The topological polar surface area (TPSA) is 91.2 Å². The zero-order valence-corrected chi connectivity index (χ0v) is 12.9. The molecule has 1 saturated carbocycles. The van der Waals surface area contributed by atoms with Crippen LogP contribution in [0.5, 0.6) is 11.5 Å². The molecule has 2 aliphatic rings. The molecule has 1 saturated heterocycles. The van der Waals surface area contributed by atoms with Crippen LogP contribution in [0.15, 0.2) is 23.3 Å². The van der Waals surface area contributed by atoms with Crippen molar-refractivity contribution in [3.63, 3.8) is 0 Å². The molecule has 2 fully saturated rings. The monoisotopic (exact) mass is 317 g/mol. The maximum atomic E-state index is 12.5. The van der Waals surface area contributed by atoms with Gasteiger partial charge in [0.05, 0.1) is 13.3 Å². The number of imide groups is 1. The summed E-state index contributed by atoms with van der Waals surface area (Å²) in [5.74, 6) is 0.0203. The number of methoxy groups -OCH3 is 1. The Bertz CT molecular complexity index is 665. The summed E-state index contributed by atoms with van der Waals surface area (Å²) in [4.78, 5) is 24.6. The molecule has 7 nitrogen and oxygen atoms in total. The summed E-state index contributed by atoms with van der Waals surface area (Å²) in [6.45, 7) is 0. The molecular formula is C16H19N3O4. The van der Waals surface area contributed by atoms with Crippen LogP contribution < -0.4 is 10.1 Å². The average Bonchev–Trinajstić information content (AvgIpc) is 2.77. The van der Waals surface area contributed by atoms with Crippen molar-refractivity contribution in [2.45, 2.75) is 37.6 Å². The minimum atomic E-state index is -0.783. The number of benzene rings is 1. The van der Waals surface area contributed by atoms with Gasteiger partial charge in [0.1, 0.15) is 5.54 Å². The van der Waals surface area contributed by atoms with Gasteiger partial charge in [-0.25, -0.2) is 4.79 Å². The van der Waals surface area contributed by atoms with Crippen molar-refractivity contribution in [2.75, 3.05) is 7.11 Å². The number of rotatable bonds is 3. The third kappa shape index (κ3) is 2.74. The van der Waals surface area contributed by atoms with Gasteiger partial charge < -0.3 is 15.2 Å². The molecule has 1 aromatic carbocycles. The number of urea groups is 1. The highest BCUT2D eigenvalue weighted by molar-refractivity contribution is 6.07. The van der Waals surface area contributed by atoms with Gasteiger partial charge >= 0.3 is 6.03 Å². The van der Waals surface area contributed by atoms with E-state index >= 15 is 0 Å². The minimum absolute atomic E-state index is 0.0302. The van der Waals surface area contributed by atoms with E-state index in [0.717, 1.165) is 24.3 Å². The predicted octanol–water partition coefficient (Wildman–Crippen LogP) is 1.99. The summed E-state index contributed by atoms with van der Waals surface area (Å²) in [6.07, 6.45) is 5.63. The molecule has 23 heavy (non-hydrogen) atoms. The molecule has 1 aromatic rings. The van der Waals surface area contributed by atoms with Crippen LogP contribution in [0.25, 0.3) is 0 Å². The fourth-order valence-corrected chi connectivity index (χ4v) is 3.12. The Morgan fingerprint density at radius 3 is 2.70 bits per heavy atom. The summed E-state index contributed by atoms with van der Waals surface area (Å²) < 4.78 is 4.96. The number of phenolic OH excluding ortho intramolecular Hbond substituents is 1. The molecule has 0 bridgehead atoms. The number of carbonyl (C=O) groups excluding carboxylic acids is 2. The average molecular weight is 317 g/mol. The highest BCUT2D eigenvalue weighted by Gasteiger charge is 2.51. The highest BCUT2D eigenvalue weighted by atomic mass is 16.5. The molecule has 0 aromatic heterocycles. The molecule has 1 aliphatic carbocycles. The van der Waals surface area contributed by atoms with Gasteiger partial charge in [0.25, 0.3) is 5.91 Å². The molecule has 0 radical (unpaired) electrons. The van der Waals surface area contributed by atoms with Crippen LogP contribution in [0, 0.1) is 0 Å². The number of ether oxygens (including phenoxy) is 1. The predicted molar refractivity (Wildman–Crippen MR) is 83.4 cm³/mol. The van der Waals surface area contributed by atoms with Gasteiger partial charge in [-0.15, -0.1) is 5.01 Å². The van der Waals surface area contributed by atoms with E-state index in [1.54, 1.807) is 12.1 Å². The second-order valence-corrected chi connectivity index (χ2v) is 5.87. The Kier molecular flexibility index (Phi) is 3.94. The van der Waals surface area contributed by atoms with Crippen molar-refractivity contribution in [2.24, 2.45) is 5.10 Å². The standard InChI is InChI=1S/C16H19N3O4/c1-23-13-6-5-11(9-12(13)20)10-17-19-14(21)16(18-15(19)22)7-3-2-4-8-16/h5-6,9-10,20H,2-4,7-8H2,1H3,(H,18,22). The lowest BCUT2D eigenvalue weighted by atomic mass is 9.82. The maximum Gasteiger partial charge on any atom is 0.346 e. The van der Waals surface area contributed by atoms with Crippen LogP contribution >= 0.6 is 0 Å². The quantitative estimate of drug-likeness (QED) is 0.659. The molecule has 1 aliphatic heterocycles. The third-order valence-corrected chi connectivity index (χ3v) is 4.37. The second-order valence-electron chi connectivity index (χ2n) is 5.87. The largest absolute Gasteiger partial charge is 0.504 e. The lowest BCUT2D eigenvalue weighted by Crippen LogP contribution is -2.48. The zero-order chi connectivity index (χ0) is 16.4. The second kappa shape index (κ2) is 5.91. The molecule has 1 spiro atoms. The Morgan fingerprint density at radius 2 is 2.04 bits per heavy atom. The van der Waals surface area contributed by atoms with Crippen LogP contribution in [0.4, 0.5) is 4.79 Å². The summed E-state index contributed by atoms with van der Waals surface area (Å²) in [7, 11) is 1.46. The van der Waals surface area contributed by atoms with E-state index in [-0.39, 0.29) is 11.7 Å². The van der Waals surface area contributed by atoms with Crippen LogP contribution in [0.3, 0.4) is 0 Å². The first-order valence-corrected chi connectivity index (χ1v) is 7.63. The molecule has 2 N–H and O–H groups in total. The van der Waals surface area contributed by atoms with E-state index in [1.807, 2.05) is 0 Å². The van der Waals surface area contributed by atoms with Gasteiger partial charge in [0.2, 0.25) is 0 Å². The van der Waals surface area contributed by atoms with Gasteiger partial charge in [-0.3, -0.25) is 4.79 Å². The molecule has 0 atom stereocenters. The lowest BCUT2D eigenvalue weighted by Gasteiger charge is -2.29. The van der Waals surface area contributed by atoms with E-state index in [2.05, 4.69) is 10.4 Å². The molecule has 122 valence electrons. The maximum absolute atomic E-state index is 12.5. The van der Waals surface area contributed by atoms with Gasteiger partial charge in [-0.2, -0.15) is 5.10 Å². The van der Waals surface area contributed by atoms with Gasteiger partial charge in [0.15, 0.2) is 11.5 Å². The molecular weight excluding hydrogens is 298 g/mol. The zero-order valence-electron chi connectivity index (χ0n) is 12.9. The van der Waals surface area contributed by atoms with Crippen molar-refractivity contribution in [3.05, 3.63) is 23.8 Å². The molecule has 3 rings (SSSR count). The number of hydrogen-bond acceptors (Lipinski definition) is 5. The Labute approximate surface area is 133 Å². The summed E-state index contributed by atoms with van der Waals surface area (Å²) >= 11 is 0. The first kappa shape index (κ1) is 15.3. The number of aromatic hydroxyl groups is 1. The Balaban J connectivity index is 1.78. The summed E-state index contributed by atoms with van der Waals surface area (Å²) in [5, 5.41) is 17.4. The van der Waals surface area contributed by atoms with Crippen molar-refractivity contribution in [3.8, 4) is 11.5 Å². The summed E-state index contributed by atoms with van der Waals surface area (Å²) in [5.41, 5.74) is -0.220. The van der Waals surface area contributed by atoms with Crippen LogP contribution in [0.1, 0.15) is 37.7 Å². The number of hydrogen-bond donors (Lipinski definition) is 2. The fraction of sp³-hybridized carbons (Fsp3) is 0.438. The van der Waals surface area contributed by atoms with E-state index < -0.39 is 11.6 Å². The third-order valence-electron chi connectivity index (χ3n) is 4.37. The van der Waals surface area contributed by atoms with Gasteiger partial charge in [-0.1, -0.05) is 19.3 Å². The Hall–Kier alpha value is -2.57. The van der Waals surface area contributed by atoms with Crippen LogP contribution in [-0.2, 0) is 4.79 Å². The SMILES string of the molecule is COc1ccc(C=NN2C(=O)NC3(CCCCC3)C2=O)cc1O. The molecule has 3 amide bonds. The van der Waals surface area contributed by atoms with Crippen molar-refractivity contribution >= 4 is 18.2 Å². The van der Waals surface area contributed by atoms with E-state index in [1.165, 1.54) is 19.4 Å². The van der Waals surface area contributed by atoms with Crippen molar-refractivity contribution in [1.82, 2.24) is 10.3 Å². The van der Waals surface area contributed by atoms with Crippen LogP contribution in [0.2, 0.25) is 0 Å². The van der Waals surface area contributed by atoms with Crippen molar-refractivity contribution in [1.29, 1.82) is 0 Å².